The second-order valence-corrected chi connectivity index (χ2v) is 13.8. The van der Waals surface area contributed by atoms with Crippen LogP contribution in [0.3, 0.4) is 0 Å². The molecule has 5 heterocycles. The van der Waals surface area contributed by atoms with Crippen molar-refractivity contribution in [2.45, 2.75) is 88.6 Å². The Morgan fingerprint density at radius 2 is 1.98 bits per heavy atom. The number of rotatable bonds is 3. The molecule has 0 unspecified atom stereocenters. The van der Waals surface area contributed by atoms with Gasteiger partial charge in [0.2, 0.25) is 0 Å². The largest absolute Gasteiger partial charge is 0.494 e. The number of nitrogens with one attached hydrogen (secondary N) is 1. The average molecular weight is 626 g/mol. The van der Waals surface area contributed by atoms with E-state index >= 15 is 0 Å². The van der Waals surface area contributed by atoms with Gasteiger partial charge in [0, 0.05) is 49.8 Å². The summed E-state index contributed by atoms with van der Waals surface area (Å²) < 4.78 is 16.3. The van der Waals surface area contributed by atoms with Crippen LogP contribution < -0.4 is 15.8 Å². The maximum Gasteiger partial charge on any atom is 0.254 e. The summed E-state index contributed by atoms with van der Waals surface area (Å²) in [5.74, 6) is 1.85. The molecule has 0 radical (unpaired) electrons. The second-order valence-electron chi connectivity index (χ2n) is 13.8. The van der Waals surface area contributed by atoms with Crippen LogP contribution in [0.4, 0.5) is 0 Å². The summed E-state index contributed by atoms with van der Waals surface area (Å²) in [6.07, 6.45) is 7.43. The van der Waals surface area contributed by atoms with Crippen molar-refractivity contribution in [1.82, 2.24) is 29.3 Å². The molecule has 8 rings (SSSR count). The number of piperidine rings is 1. The fourth-order valence-corrected chi connectivity index (χ4v) is 7.99. The van der Waals surface area contributed by atoms with E-state index in [0.717, 1.165) is 91.7 Å². The molecule has 1 spiro atoms. The summed E-state index contributed by atoms with van der Waals surface area (Å²) in [4.78, 5) is 39.2. The van der Waals surface area contributed by atoms with Gasteiger partial charge in [0.1, 0.15) is 22.5 Å². The van der Waals surface area contributed by atoms with E-state index in [9.17, 15) is 9.59 Å². The minimum absolute atomic E-state index is 0.00926. The van der Waals surface area contributed by atoms with Gasteiger partial charge in [-0.1, -0.05) is 0 Å². The highest BCUT2D eigenvalue weighted by Gasteiger charge is 2.51. The minimum atomic E-state index is -0.665. The number of imidazole rings is 1. The maximum absolute atomic E-state index is 13.9. The molecular weight excluding hydrogens is 582 g/mol. The number of nitrogens with two attached hydrogens (primary N) is 1. The molecule has 4 aliphatic rings. The molecule has 4 aromatic rings. The summed E-state index contributed by atoms with van der Waals surface area (Å²) in [5, 5.41) is 4.16. The lowest BCUT2D eigenvalue weighted by molar-refractivity contribution is -0.136. The van der Waals surface area contributed by atoms with Crippen molar-refractivity contribution in [2.75, 3.05) is 20.3 Å². The quantitative estimate of drug-likeness (QED) is 0.344. The van der Waals surface area contributed by atoms with Gasteiger partial charge < -0.3 is 34.6 Å². The van der Waals surface area contributed by atoms with Gasteiger partial charge in [-0.25, -0.2) is 9.97 Å². The number of methoxy groups -OCH3 is 1. The molecule has 4 bridgehead atoms. The Morgan fingerprint density at radius 3 is 2.78 bits per heavy atom. The summed E-state index contributed by atoms with van der Waals surface area (Å²) in [6, 6.07) is 9.96. The van der Waals surface area contributed by atoms with Crippen molar-refractivity contribution in [1.29, 1.82) is 0 Å². The zero-order valence-corrected chi connectivity index (χ0v) is 26.9. The first kappa shape index (κ1) is 29.4. The number of hydrogen-bond acceptors (Lipinski definition) is 7. The van der Waals surface area contributed by atoms with E-state index in [4.69, 9.17) is 25.2 Å². The van der Waals surface area contributed by atoms with Crippen LogP contribution in [0, 0.1) is 5.92 Å². The van der Waals surface area contributed by atoms with Crippen molar-refractivity contribution in [3.8, 4) is 17.3 Å². The molecule has 242 valence electrons. The predicted octanol–water partition coefficient (Wildman–Crippen LogP) is 4.46. The third-order valence-electron chi connectivity index (χ3n) is 10.9. The number of likely N-dealkylation sites (tertiary alicyclic amines) is 1. The first-order valence-electron chi connectivity index (χ1n) is 16.8. The minimum Gasteiger partial charge on any atom is -0.494 e. The lowest BCUT2D eigenvalue weighted by atomic mass is 9.94. The van der Waals surface area contributed by atoms with Crippen molar-refractivity contribution < 1.29 is 19.1 Å². The van der Waals surface area contributed by atoms with Gasteiger partial charge in [-0.3, -0.25) is 9.59 Å². The molecule has 2 saturated carbocycles. The number of amides is 2. The summed E-state index contributed by atoms with van der Waals surface area (Å²) in [5.41, 5.74) is 10.5. The molecule has 46 heavy (non-hydrogen) atoms. The number of fused-ring (bicyclic) bond motifs is 4. The topological polar surface area (TPSA) is 130 Å². The summed E-state index contributed by atoms with van der Waals surface area (Å²) >= 11 is 0. The van der Waals surface area contributed by atoms with Crippen molar-refractivity contribution in [2.24, 2.45) is 18.7 Å². The molecule has 1 aromatic carbocycles. The number of carbonyl (C=O) groups is 2. The van der Waals surface area contributed by atoms with Crippen LogP contribution in [-0.2, 0) is 23.1 Å². The number of benzene rings is 1. The number of nitrogens with zero attached hydrogens (tertiary/aromatic N) is 5. The first-order valence-corrected chi connectivity index (χ1v) is 16.8. The Hall–Kier alpha value is -3.96. The van der Waals surface area contributed by atoms with Gasteiger partial charge in [0.25, 0.3) is 11.8 Å². The molecule has 3 N–H and O–H groups in total. The average Bonchev–Trinajstić information content (AvgIpc) is 3.42. The van der Waals surface area contributed by atoms with E-state index < -0.39 is 5.60 Å². The Kier molecular flexibility index (Phi) is 7.10. The van der Waals surface area contributed by atoms with Crippen LogP contribution in [0.25, 0.3) is 33.6 Å². The number of carbonyl (C=O) groups excluding carboxylic acids is 2. The Balaban J connectivity index is 1.19. The highest BCUT2D eigenvalue weighted by atomic mass is 16.5. The Morgan fingerprint density at radius 1 is 1.13 bits per heavy atom. The van der Waals surface area contributed by atoms with Crippen molar-refractivity contribution in [3.05, 3.63) is 41.6 Å². The van der Waals surface area contributed by atoms with Crippen LogP contribution in [-0.4, -0.2) is 73.8 Å². The molecular formula is C35H43N7O4. The molecule has 1 saturated heterocycles. The zero-order valence-electron chi connectivity index (χ0n) is 26.9. The summed E-state index contributed by atoms with van der Waals surface area (Å²) in [6.45, 7) is 3.91. The third-order valence-corrected chi connectivity index (χ3v) is 10.9. The summed E-state index contributed by atoms with van der Waals surface area (Å²) in [7, 11) is 3.63. The maximum atomic E-state index is 13.9. The Labute approximate surface area is 268 Å². The number of pyridine rings is 1. The zero-order chi connectivity index (χ0) is 31.7. The normalized spacial score (nSPS) is 26.1. The van der Waals surface area contributed by atoms with E-state index in [-0.39, 0.29) is 29.9 Å². The molecule has 2 aliphatic carbocycles. The van der Waals surface area contributed by atoms with Gasteiger partial charge in [0.05, 0.1) is 30.1 Å². The van der Waals surface area contributed by atoms with Gasteiger partial charge >= 0.3 is 0 Å². The van der Waals surface area contributed by atoms with E-state index in [0.29, 0.717) is 35.9 Å². The lowest BCUT2D eigenvalue weighted by Gasteiger charge is -2.37. The fraction of sp³-hybridized carbons (Fsp3) is 0.543. The van der Waals surface area contributed by atoms with Crippen LogP contribution in [0.2, 0.25) is 0 Å². The molecule has 4 atom stereocenters. The highest BCUT2D eigenvalue weighted by molar-refractivity contribution is 6.00. The number of aryl methyl sites for hydroxylation is 2. The first-order chi connectivity index (χ1) is 22.3. The van der Waals surface area contributed by atoms with E-state index in [1.165, 1.54) is 0 Å². The highest BCUT2D eigenvalue weighted by Crippen LogP contribution is 2.41. The van der Waals surface area contributed by atoms with Crippen LogP contribution in [0.1, 0.15) is 80.4 Å². The van der Waals surface area contributed by atoms with Gasteiger partial charge in [-0.15, -0.1) is 0 Å². The van der Waals surface area contributed by atoms with Crippen LogP contribution >= 0.6 is 0 Å². The molecule has 11 nitrogen and oxygen atoms in total. The fourth-order valence-electron chi connectivity index (χ4n) is 7.99. The molecule has 3 aromatic heterocycles. The number of ether oxygens (including phenoxy) is 2. The van der Waals surface area contributed by atoms with E-state index in [1.54, 1.807) is 7.11 Å². The van der Waals surface area contributed by atoms with Gasteiger partial charge in [0.15, 0.2) is 5.82 Å². The van der Waals surface area contributed by atoms with E-state index in [2.05, 4.69) is 26.6 Å². The Bertz CT molecular complexity index is 1860. The predicted molar refractivity (Wildman–Crippen MR) is 174 cm³/mol. The molecule has 11 heteroatoms. The second kappa shape index (κ2) is 11.1. The SMILES string of the molecule is COc1cc(C(=O)N2C[C@H](N)[C@@H]3CC[C@H]2C3)cc2nc(-c3cc4ccc5nc4n3CCCCCOC3(CC3)C(=O)N[C@@H]5C)n(C)c12. The molecule has 3 fully saturated rings. The van der Waals surface area contributed by atoms with Crippen molar-refractivity contribution >= 4 is 33.9 Å². The molecule has 2 amide bonds. The smallest absolute Gasteiger partial charge is 0.254 e. The monoisotopic (exact) mass is 625 g/mol. The third kappa shape index (κ3) is 4.78. The van der Waals surface area contributed by atoms with Crippen LogP contribution in [0.15, 0.2) is 30.3 Å². The van der Waals surface area contributed by atoms with E-state index in [1.807, 2.05) is 37.1 Å². The number of hydrogen-bond donors (Lipinski definition) is 2. The van der Waals surface area contributed by atoms with Crippen LogP contribution in [0.5, 0.6) is 5.75 Å². The van der Waals surface area contributed by atoms with Gasteiger partial charge in [-0.2, -0.15) is 0 Å². The lowest BCUT2D eigenvalue weighted by Crippen LogP contribution is -2.51. The van der Waals surface area contributed by atoms with Crippen molar-refractivity contribution in [3.63, 3.8) is 0 Å². The standard InChI is InChI=1S/C35H43N7O4/c1-20-26-10-8-22-17-28(41(31(22)38-26)13-5-4-6-14-46-35(11-12-35)34(44)37-20)32-39-27-16-23(18-29(45-3)30(27)40(32)2)33(43)42-19-25(36)21-7-9-24(42)15-21/h8,10,16-18,20-21,24-25H,4-7,9,11-15,19,36H2,1-3H3,(H,37,44)/t20-,21-,24+,25+/m1/s1. The molecule has 2 aliphatic heterocycles. The van der Waals surface area contributed by atoms with Gasteiger partial charge in [-0.05, 0) is 94.5 Å². The number of aromatic nitrogens is 4.